The Balaban J connectivity index is 1.90. The number of benzene rings is 1. The molecule has 2 aromatic rings. The first kappa shape index (κ1) is 14.1. The van der Waals surface area contributed by atoms with Crippen LogP contribution in [-0.4, -0.2) is 9.78 Å². The van der Waals surface area contributed by atoms with Crippen LogP contribution in [0.5, 0.6) is 0 Å². The quantitative estimate of drug-likeness (QED) is 0.911. The number of hydrogen-bond acceptors (Lipinski definition) is 2. The van der Waals surface area contributed by atoms with Crippen LogP contribution in [0.4, 0.5) is 10.1 Å². The fourth-order valence-corrected chi connectivity index (χ4v) is 3.28. The van der Waals surface area contributed by atoms with Crippen molar-refractivity contribution >= 4 is 5.69 Å². The molecule has 0 spiro atoms. The van der Waals surface area contributed by atoms with Gasteiger partial charge in [-0.3, -0.25) is 4.68 Å². The van der Waals surface area contributed by atoms with E-state index in [9.17, 15) is 4.39 Å². The van der Waals surface area contributed by atoms with Gasteiger partial charge >= 0.3 is 0 Å². The smallest absolute Gasteiger partial charge is 0.123 e. The molecule has 1 aromatic heterocycles. The summed E-state index contributed by atoms with van der Waals surface area (Å²) < 4.78 is 15.4. The molecule has 0 fully saturated rings. The van der Waals surface area contributed by atoms with Crippen molar-refractivity contribution in [1.82, 2.24) is 9.78 Å². The standard InChI is InChI=1S/C17H22FN3/c1-10(2)21-12(4)17(11(3)20-21)19-16-8-5-13-9-14(18)6-7-15(13)16/h6-7,9-10,16,19H,5,8H2,1-4H3. The minimum absolute atomic E-state index is 0.144. The van der Waals surface area contributed by atoms with E-state index in [0.717, 1.165) is 35.5 Å². The van der Waals surface area contributed by atoms with Crippen LogP contribution in [-0.2, 0) is 6.42 Å². The van der Waals surface area contributed by atoms with Crippen molar-refractivity contribution in [2.24, 2.45) is 0 Å². The summed E-state index contributed by atoms with van der Waals surface area (Å²) in [4.78, 5) is 0. The van der Waals surface area contributed by atoms with Gasteiger partial charge in [-0.15, -0.1) is 0 Å². The van der Waals surface area contributed by atoms with Crippen LogP contribution in [0.2, 0.25) is 0 Å². The molecule has 3 rings (SSSR count). The van der Waals surface area contributed by atoms with Crippen molar-refractivity contribution < 1.29 is 4.39 Å². The van der Waals surface area contributed by atoms with E-state index < -0.39 is 0 Å². The molecule has 21 heavy (non-hydrogen) atoms. The molecule has 1 heterocycles. The van der Waals surface area contributed by atoms with Crippen LogP contribution in [0.25, 0.3) is 0 Å². The molecular formula is C17H22FN3. The molecule has 1 N–H and O–H groups in total. The van der Waals surface area contributed by atoms with Gasteiger partial charge in [-0.2, -0.15) is 5.10 Å². The summed E-state index contributed by atoms with van der Waals surface area (Å²) in [6.45, 7) is 8.41. The summed E-state index contributed by atoms with van der Waals surface area (Å²) in [5, 5.41) is 8.24. The van der Waals surface area contributed by atoms with Crippen molar-refractivity contribution in [3.05, 3.63) is 46.5 Å². The summed E-state index contributed by atoms with van der Waals surface area (Å²) in [5.41, 5.74) is 5.65. The summed E-state index contributed by atoms with van der Waals surface area (Å²) in [6.07, 6.45) is 1.94. The third kappa shape index (κ3) is 2.43. The van der Waals surface area contributed by atoms with Gasteiger partial charge in [0.15, 0.2) is 0 Å². The first-order chi connectivity index (χ1) is 9.97. The highest BCUT2D eigenvalue weighted by Crippen LogP contribution is 2.36. The van der Waals surface area contributed by atoms with E-state index in [1.165, 1.54) is 5.56 Å². The van der Waals surface area contributed by atoms with Crippen LogP contribution >= 0.6 is 0 Å². The number of nitrogens with one attached hydrogen (secondary N) is 1. The second-order valence-corrected chi connectivity index (χ2v) is 6.16. The Kier molecular flexibility index (Phi) is 3.47. The van der Waals surface area contributed by atoms with E-state index in [1.54, 1.807) is 12.1 Å². The van der Waals surface area contributed by atoms with E-state index in [1.807, 2.05) is 13.0 Å². The second-order valence-electron chi connectivity index (χ2n) is 6.16. The monoisotopic (exact) mass is 287 g/mol. The Morgan fingerprint density at radius 1 is 1.33 bits per heavy atom. The van der Waals surface area contributed by atoms with Gasteiger partial charge in [-0.05, 0) is 63.8 Å². The first-order valence-electron chi connectivity index (χ1n) is 7.58. The summed E-state index contributed by atoms with van der Waals surface area (Å²) in [5.74, 6) is -0.144. The highest BCUT2D eigenvalue weighted by molar-refractivity contribution is 5.55. The Hall–Kier alpha value is -1.84. The van der Waals surface area contributed by atoms with Crippen LogP contribution in [0.3, 0.4) is 0 Å². The Morgan fingerprint density at radius 3 is 2.76 bits per heavy atom. The van der Waals surface area contributed by atoms with Crippen LogP contribution in [0.1, 0.15) is 54.9 Å². The second kappa shape index (κ2) is 5.17. The minimum atomic E-state index is -0.144. The van der Waals surface area contributed by atoms with Crippen molar-refractivity contribution in [3.8, 4) is 0 Å². The molecule has 0 amide bonds. The lowest BCUT2D eigenvalue weighted by Gasteiger charge is -2.16. The number of rotatable bonds is 3. The van der Waals surface area contributed by atoms with Crippen LogP contribution < -0.4 is 5.32 Å². The predicted molar refractivity (Wildman–Crippen MR) is 83.2 cm³/mol. The molecule has 1 aliphatic carbocycles. The molecule has 1 unspecified atom stereocenters. The first-order valence-corrected chi connectivity index (χ1v) is 7.58. The van der Waals surface area contributed by atoms with E-state index in [2.05, 4.69) is 35.9 Å². The molecule has 1 aliphatic rings. The zero-order chi connectivity index (χ0) is 15.1. The summed E-state index contributed by atoms with van der Waals surface area (Å²) in [7, 11) is 0. The maximum atomic E-state index is 13.3. The molecule has 0 aliphatic heterocycles. The number of nitrogens with zero attached hydrogens (tertiary/aromatic N) is 2. The van der Waals surface area contributed by atoms with E-state index in [4.69, 9.17) is 0 Å². The highest BCUT2D eigenvalue weighted by atomic mass is 19.1. The van der Waals surface area contributed by atoms with Crippen LogP contribution in [0, 0.1) is 19.7 Å². The molecule has 0 bridgehead atoms. The third-order valence-electron chi connectivity index (χ3n) is 4.32. The molecule has 0 radical (unpaired) electrons. The van der Waals surface area contributed by atoms with Gasteiger partial charge in [0.2, 0.25) is 0 Å². The molecule has 1 aromatic carbocycles. The van der Waals surface area contributed by atoms with Crippen molar-refractivity contribution in [2.75, 3.05) is 5.32 Å². The number of anilines is 1. The van der Waals surface area contributed by atoms with Gasteiger partial charge in [0.25, 0.3) is 0 Å². The van der Waals surface area contributed by atoms with E-state index >= 15 is 0 Å². The molecular weight excluding hydrogens is 265 g/mol. The summed E-state index contributed by atoms with van der Waals surface area (Å²) in [6, 6.07) is 5.73. The van der Waals surface area contributed by atoms with Gasteiger partial charge < -0.3 is 5.32 Å². The maximum absolute atomic E-state index is 13.3. The number of aryl methyl sites for hydroxylation is 2. The van der Waals surface area contributed by atoms with Gasteiger partial charge in [-0.25, -0.2) is 4.39 Å². The van der Waals surface area contributed by atoms with Crippen molar-refractivity contribution in [3.63, 3.8) is 0 Å². The van der Waals surface area contributed by atoms with E-state index in [0.29, 0.717) is 6.04 Å². The third-order valence-corrected chi connectivity index (χ3v) is 4.32. The van der Waals surface area contributed by atoms with Gasteiger partial charge in [0.05, 0.1) is 23.1 Å². The normalized spacial score (nSPS) is 17.3. The molecule has 3 nitrogen and oxygen atoms in total. The number of fused-ring (bicyclic) bond motifs is 1. The minimum Gasteiger partial charge on any atom is -0.375 e. The van der Waals surface area contributed by atoms with Crippen molar-refractivity contribution in [2.45, 2.75) is 52.6 Å². The number of halogens is 1. The number of aromatic nitrogens is 2. The fourth-order valence-electron chi connectivity index (χ4n) is 3.28. The average molecular weight is 287 g/mol. The van der Waals surface area contributed by atoms with Gasteiger partial charge in [-0.1, -0.05) is 6.07 Å². The van der Waals surface area contributed by atoms with Gasteiger partial charge in [0.1, 0.15) is 5.82 Å². The van der Waals surface area contributed by atoms with Crippen LogP contribution in [0.15, 0.2) is 18.2 Å². The lowest BCUT2D eigenvalue weighted by Crippen LogP contribution is -2.09. The largest absolute Gasteiger partial charge is 0.375 e. The molecule has 112 valence electrons. The number of hydrogen-bond donors (Lipinski definition) is 1. The van der Waals surface area contributed by atoms with Crippen molar-refractivity contribution in [1.29, 1.82) is 0 Å². The maximum Gasteiger partial charge on any atom is 0.123 e. The Labute approximate surface area is 125 Å². The SMILES string of the molecule is Cc1nn(C(C)C)c(C)c1NC1CCc2cc(F)ccc21. The Morgan fingerprint density at radius 2 is 2.10 bits per heavy atom. The lowest BCUT2D eigenvalue weighted by atomic mass is 10.1. The van der Waals surface area contributed by atoms with Gasteiger partial charge in [0, 0.05) is 6.04 Å². The zero-order valence-electron chi connectivity index (χ0n) is 13.1. The molecule has 0 saturated carbocycles. The zero-order valence-corrected chi connectivity index (χ0v) is 13.1. The summed E-state index contributed by atoms with van der Waals surface area (Å²) >= 11 is 0. The molecule has 0 saturated heterocycles. The van der Waals surface area contributed by atoms with E-state index in [-0.39, 0.29) is 11.9 Å². The Bertz CT molecular complexity index is 673. The molecule has 4 heteroatoms. The predicted octanol–water partition coefficient (Wildman–Crippen LogP) is 4.32. The molecule has 1 atom stereocenters. The fraction of sp³-hybridized carbons (Fsp3) is 0.471. The lowest BCUT2D eigenvalue weighted by molar-refractivity contribution is 0.516. The topological polar surface area (TPSA) is 29.9 Å². The highest BCUT2D eigenvalue weighted by Gasteiger charge is 2.25. The average Bonchev–Trinajstić information content (AvgIpc) is 2.94.